The molecule has 0 saturated carbocycles. The van der Waals surface area contributed by atoms with Crippen molar-refractivity contribution in [1.82, 2.24) is 10.2 Å². The lowest BCUT2D eigenvalue weighted by atomic mass is 10.1. The van der Waals surface area contributed by atoms with Crippen LogP contribution in [0.2, 0.25) is 0 Å². The number of nitrogens with zero attached hydrogens (tertiary/aromatic N) is 1. The summed E-state index contributed by atoms with van der Waals surface area (Å²) in [6.45, 7) is 5.79. The minimum atomic E-state index is -0.280. The van der Waals surface area contributed by atoms with Crippen molar-refractivity contribution in [2.24, 2.45) is 0 Å². The maximum atomic E-state index is 12.4. The van der Waals surface area contributed by atoms with Crippen LogP contribution in [0.15, 0.2) is 42.5 Å². The summed E-state index contributed by atoms with van der Waals surface area (Å²) in [4.78, 5) is 38.2. The van der Waals surface area contributed by atoms with Crippen LogP contribution >= 0.6 is 0 Å². The predicted molar refractivity (Wildman–Crippen MR) is 109 cm³/mol. The summed E-state index contributed by atoms with van der Waals surface area (Å²) in [6.07, 6.45) is 0.693. The highest BCUT2D eigenvalue weighted by molar-refractivity contribution is 6.21. The number of hydrogen-bond acceptors (Lipinski definition) is 4. The Morgan fingerprint density at radius 3 is 2.41 bits per heavy atom. The first-order chi connectivity index (χ1) is 14.0. The van der Waals surface area contributed by atoms with Crippen molar-refractivity contribution in [3.8, 4) is 0 Å². The molecule has 0 radical (unpaired) electrons. The molecule has 1 N–H and O–H groups in total. The number of nitrogens with one attached hydrogen (secondary N) is 1. The van der Waals surface area contributed by atoms with Gasteiger partial charge in [-0.1, -0.05) is 35.9 Å². The van der Waals surface area contributed by atoms with Crippen LogP contribution in [0.3, 0.4) is 0 Å². The van der Waals surface area contributed by atoms with Gasteiger partial charge in [-0.3, -0.25) is 19.3 Å². The minimum absolute atomic E-state index is 0.101. The van der Waals surface area contributed by atoms with E-state index in [1.165, 1.54) is 4.90 Å². The van der Waals surface area contributed by atoms with Crippen LogP contribution in [0.5, 0.6) is 0 Å². The number of carbonyl (C=O) groups is 3. The molecular formula is C23H26N2O4. The van der Waals surface area contributed by atoms with Crippen LogP contribution in [0, 0.1) is 6.92 Å². The molecule has 0 spiro atoms. The van der Waals surface area contributed by atoms with Crippen molar-refractivity contribution in [3.63, 3.8) is 0 Å². The zero-order valence-electron chi connectivity index (χ0n) is 16.9. The Labute approximate surface area is 170 Å². The number of carbonyl (C=O) groups excluding carboxylic acids is 3. The quantitative estimate of drug-likeness (QED) is 0.663. The highest BCUT2D eigenvalue weighted by Gasteiger charge is 2.34. The maximum Gasteiger partial charge on any atom is 0.261 e. The lowest BCUT2D eigenvalue weighted by Crippen LogP contribution is -2.32. The Kier molecular flexibility index (Phi) is 6.77. The summed E-state index contributed by atoms with van der Waals surface area (Å²) in [7, 11) is 0. The van der Waals surface area contributed by atoms with Gasteiger partial charge >= 0.3 is 0 Å². The van der Waals surface area contributed by atoms with Gasteiger partial charge in [0.1, 0.15) is 0 Å². The monoisotopic (exact) mass is 394 g/mol. The molecule has 0 aromatic heterocycles. The van der Waals surface area contributed by atoms with Crippen molar-refractivity contribution >= 4 is 17.7 Å². The van der Waals surface area contributed by atoms with Gasteiger partial charge in [-0.05, 0) is 43.5 Å². The molecule has 1 heterocycles. The Morgan fingerprint density at radius 2 is 1.69 bits per heavy atom. The van der Waals surface area contributed by atoms with Gasteiger partial charge in [0.05, 0.1) is 17.7 Å². The van der Waals surface area contributed by atoms with Crippen LogP contribution in [0.25, 0.3) is 0 Å². The van der Waals surface area contributed by atoms with Crippen LogP contribution in [-0.2, 0) is 22.7 Å². The topological polar surface area (TPSA) is 75.7 Å². The first-order valence-corrected chi connectivity index (χ1v) is 9.88. The van der Waals surface area contributed by atoms with Crippen LogP contribution in [-0.4, -0.2) is 35.8 Å². The molecule has 29 heavy (non-hydrogen) atoms. The lowest BCUT2D eigenvalue weighted by molar-refractivity contribution is -0.121. The molecule has 0 fully saturated rings. The zero-order chi connectivity index (χ0) is 20.8. The van der Waals surface area contributed by atoms with E-state index in [9.17, 15) is 14.4 Å². The fraction of sp³-hybridized carbons (Fsp3) is 0.348. The van der Waals surface area contributed by atoms with E-state index in [0.717, 1.165) is 16.7 Å². The van der Waals surface area contributed by atoms with E-state index in [1.807, 2.05) is 44.2 Å². The zero-order valence-corrected chi connectivity index (χ0v) is 16.9. The molecule has 6 heteroatoms. The van der Waals surface area contributed by atoms with Gasteiger partial charge in [-0.25, -0.2) is 0 Å². The second kappa shape index (κ2) is 9.47. The molecule has 0 saturated heterocycles. The smallest absolute Gasteiger partial charge is 0.261 e. The van der Waals surface area contributed by atoms with Crippen LogP contribution in [0.1, 0.15) is 57.2 Å². The van der Waals surface area contributed by atoms with Gasteiger partial charge in [0.2, 0.25) is 5.91 Å². The number of hydrogen-bond donors (Lipinski definition) is 1. The molecule has 3 rings (SSSR count). The fourth-order valence-corrected chi connectivity index (χ4v) is 3.27. The molecule has 1 aliphatic rings. The number of fused-ring (bicyclic) bond motifs is 1. The third kappa shape index (κ3) is 5.09. The van der Waals surface area contributed by atoms with Gasteiger partial charge in [-0.2, -0.15) is 0 Å². The van der Waals surface area contributed by atoms with Crippen molar-refractivity contribution in [3.05, 3.63) is 70.3 Å². The van der Waals surface area contributed by atoms with Gasteiger partial charge in [0.15, 0.2) is 0 Å². The summed E-state index contributed by atoms with van der Waals surface area (Å²) in [5.41, 5.74) is 3.94. The van der Waals surface area contributed by atoms with Crippen molar-refractivity contribution in [2.75, 3.05) is 13.2 Å². The number of ether oxygens (including phenoxy) is 1. The SMILES string of the molecule is CCOCc1ccc(CNC(=O)CCCN2C(=O)c3ccc(C)cc3C2=O)cc1. The normalized spacial score (nSPS) is 13.0. The van der Waals surface area contributed by atoms with Crippen LogP contribution in [0.4, 0.5) is 0 Å². The van der Waals surface area contributed by atoms with E-state index in [0.29, 0.717) is 37.3 Å². The van der Waals surface area contributed by atoms with Crippen molar-refractivity contribution in [1.29, 1.82) is 0 Å². The van der Waals surface area contributed by atoms with E-state index >= 15 is 0 Å². The molecular weight excluding hydrogens is 368 g/mol. The third-order valence-corrected chi connectivity index (χ3v) is 4.90. The molecule has 2 aromatic rings. The molecule has 0 unspecified atom stereocenters. The molecule has 3 amide bonds. The van der Waals surface area contributed by atoms with E-state index in [-0.39, 0.29) is 30.7 Å². The van der Waals surface area contributed by atoms with Gasteiger partial charge in [0.25, 0.3) is 11.8 Å². The summed E-state index contributed by atoms with van der Waals surface area (Å²) < 4.78 is 5.36. The highest BCUT2D eigenvalue weighted by atomic mass is 16.5. The van der Waals surface area contributed by atoms with Gasteiger partial charge in [0, 0.05) is 26.1 Å². The first kappa shape index (κ1) is 20.7. The summed E-state index contributed by atoms with van der Waals surface area (Å²) in [6, 6.07) is 13.2. The third-order valence-electron chi connectivity index (χ3n) is 4.90. The van der Waals surface area contributed by atoms with E-state index in [4.69, 9.17) is 4.74 Å². The predicted octanol–water partition coefficient (Wildman–Crippen LogP) is 3.22. The molecule has 1 aliphatic heterocycles. The fourth-order valence-electron chi connectivity index (χ4n) is 3.27. The minimum Gasteiger partial charge on any atom is -0.377 e. The second-order valence-electron chi connectivity index (χ2n) is 7.14. The lowest BCUT2D eigenvalue weighted by Gasteiger charge is -2.13. The Morgan fingerprint density at radius 1 is 1.00 bits per heavy atom. The first-order valence-electron chi connectivity index (χ1n) is 9.88. The highest BCUT2D eigenvalue weighted by Crippen LogP contribution is 2.24. The molecule has 0 bridgehead atoms. The molecule has 6 nitrogen and oxygen atoms in total. The average Bonchev–Trinajstić information content (AvgIpc) is 2.95. The number of imide groups is 1. The molecule has 0 aliphatic carbocycles. The second-order valence-corrected chi connectivity index (χ2v) is 7.14. The summed E-state index contributed by atoms with van der Waals surface area (Å²) in [5.74, 6) is -0.658. The van der Waals surface area contributed by atoms with Crippen molar-refractivity contribution in [2.45, 2.75) is 39.8 Å². The van der Waals surface area contributed by atoms with Gasteiger partial charge in [-0.15, -0.1) is 0 Å². The van der Waals surface area contributed by atoms with E-state index in [2.05, 4.69) is 5.32 Å². The molecule has 152 valence electrons. The van der Waals surface area contributed by atoms with Crippen molar-refractivity contribution < 1.29 is 19.1 Å². The molecule has 2 aromatic carbocycles. The van der Waals surface area contributed by atoms with Crippen LogP contribution < -0.4 is 5.32 Å². The molecule has 0 atom stereocenters. The number of aryl methyl sites for hydroxylation is 1. The Balaban J connectivity index is 1.42. The Bertz CT molecular complexity index is 906. The van der Waals surface area contributed by atoms with Gasteiger partial charge < -0.3 is 10.1 Å². The largest absolute Gasteiger partial charge is 0.377 e. The summed E-state index contributed by atoms with van der Waals surface area (Å²) >= 11 is 0. The average molecular weight is 394 g/mol. The number of rotatable bonds is 9. The standard InChI is InChI=1S/C23H26N2O4/c1-3-29-15-18-9-7-17(8-10-18)14-24-21(26)5-4-12-25-22(27)19-11-6-16(2)13-20(19)23(25)28/h6-11,13H,3-5,12,14-15H2,1-2H3,(H,24,26). The Hall–Kier alpha value is -2.99. The van der Waals surface area contributed by atoms with E-state index < -0.39 is 0 Å². The number of amides is 3. The maximum absolute atomic E-state index is 12.4. The van der Waals surface area contributed by atoms with E-state index in [1.54, 1.807) is 12.1 Å². The number of benzene rings is 2. The summed E-state index contributed by atoms with van der Waals surface area (Å²) in [5, 5.41) is 2.88.